The summed E-state index contributed by atoms with van der Waals surface area (Å²) in [6.45, 7) is -3.82. The van der Waals surface area contributed by atoms with Gasteiger partial charge in [-0.05, 0) is 0 Å². The lowest BCUT2D eigenvalue weighted by molar-refractivity contribution is -0.377. The van der Waals surface area contributed by atoms with Gasteiger partial charge in [-0.15, -0.1) is 0 Å². The zero-order chi connectivity index (χ0) is 56.6. The van der Waals surface area contributed by atoms with Crippen LogP contribution in [0.5, 0.6) is 0 Å². The molecular weight excluding hydrogens is 1040 g/mol. The van der Waals surface area contributed by atoms with Gasteiger partial charge in [0.1, 0.15) is 140 Å². The van der Waals surface area contributed by atoms with E-state index in [2.05, 4.69) is 16.0 Å². The number of hydrogen-bond donors (Lipinski definition) is 21. The average molecular weight is 1120 g/mol. The van der Waals surface area contributed by atoms with Crippen LogP contribution in [0.1, 0.15) is 20.8 Å². The number of hydrogen-bond acceptors (Lipinski definition) is 31. The number of aliphatic hydroxyl groups is 18. The van der Waals surface area contributed by atoms with Gasteiger partial charge in [0, 0.05) is 20.8 Å². The molecule has 34 heteroatoms. The van der Waals surface area contributed by atoms with Gasteiger partial charge in [0.15, 0.2) is 31.5 Å². The molecule has 0 aromatic rings. The summed E-state index contributed by atoms with van der Waals surface area (Å²) in [5, 5.41) is 199. The van der Waals surface area contributed by atoms with Crippen molar-refractivity contribution in [2.24, 2.45) is 0 Å². The topological polar surface area (TPSA) is 544 Å². The van der Waals surface area contributed by atoms with E-state index in [9.17, 15) is 106 Å². The van der Waals surface area contributed by atoms with Gasteiger partial charge in [-0.2, -0.15) is 0 Å². The highest BCUT2D eigenvalue weighted by molar-refractivity contribution is 5.74. The summed E-state index contributed by atoms with van der Waals surface area (Å²) in [5.74, 6) is -2.47. The molecule has 0 spiro atoms. The molecule has 21 N–H and O–H groups in total. The minimum Gasteiger partial charge on any atom is -0.394 e. The van der Waals surface area contributed by atoms with Crippen LogP contribution in [-0.4, -0.2) is 334 Å². The lowest BCUT2D eigenvalue weighted by Crippen LogP contribution is -2.70. The van der Waals surface area contributed by atoms with Crippen LogP contribution in [0.25, 0.3) is 0 Å². The van der Waals surface area contributed by atoms with Crippen LogP contribution in [0.15, 0.2) is 0 Å². The summed E-state index contributed by atoms with van der Waals surface area (Å²) in [6, 6.07) is -5.05. The van der Waals surface area contributed by atoms with Crippen molar-refractivity contribution in [2.75, 3.05) is 46.2 Å². The van der Waals surface area contributed by atoms with Crippen molar-refractivity contribution in [2.45, 2.75) is 199 Å². The van der Waals surface area contributed by atoms with Gasteiger partial charge >= 0.3 is 0 Å². The first-order valence-electron chi connectivity index (χ1n) is 24.0. The number of ether oxygens (including phenoxy) is 10. The van der Waals surface area contributed by atoms with Crippen molar-refractivity contribution in [1.29, 1.82) is 0 Å². The highest BCUT2D eigenvalue weighted by Crippen LogP contribution is 2.35. The van der Waals surface area contributed by atoms with E-state index in [1.807, 2.05) is 0 Å². The van der Waals surface area contributed by atoms with Crippen LogP contribution in [0, 0.1) is 0 Å². The Morgan fingerprint density at radius 3 is 1.37 bits per heavy atom. The van der Waals surface area contributed by atoms with Gasteiger partial charge in [-0.3, -0.25) is 14.4 Å². The third-order valence-electron chi connectivity index (χ3n) is 13.3. The van der Waals surface area contributed by atoms with E-state index >= 15 is 0 Å². The molecule has 5 aliphatic heterocycles. The Morgan fingerprint density at radius 1 is 0.447 bits per heavy atom. The van der Waals surface area contributed by atoms with Crippen LogP contribution in [-0.2, 0) is 61.8 Å². The molecule has 0 aromatic heterocycles. The Kier molecular flexibility index (Phi) is 24.1. The average Bonchev–Trinajstić information content (AvgIpc) is 3.38. The van der Waals surface area contributed by atoms with Crippen LogP contribution in [0.2, 0.25) is 0 Å². The number of rotatable bonds is 23. The SMILES string of the molecule is CC(=O)N[C@H]1[C@H](OC[C@@H](O)[C@H](O)[C@H](O[C@@H]2O[C@H](CO)[C@H](O)[C@H](O)[C@H]2O)[C@H](CO)NC(C)=O)O[C@H](CO)[C@@H](O[C@@H]2O[C@H](CO)[C@H](O)[C@H](O[C@@H]3O[C@H](CO)[C@@H](O)[C@H](O[C@@H]4O[C@H](CO)[C@H](O)[C@H](O)[C@H]4O)[C@H]3NC(C)=O)[C@H]2O)[C@@H]1O. The molecule has 34 nitrogen and oxygen atoms in total. The second kappa shape index (κ2) is 28.6. The maximum Gasteiger partial charge on any atom is 0.217 e. The lowest BCUT2D eigenvalue weighted by atomic mass is 9.94. The van der Waals surface area contributed by atoms with Crippen LogP contribution >= 0.6 is 0 Å². The predicted molar refractivity (Wildman–Crippen MR) is 236 cm³/mol. The van der Waals surface area contributed by atoms with Crippen molar-refractivity contribution in [1.82, 2.24) is 16.0 Å². The van der Waals surface area contributed by atoms with Gasteiger partial charge in [-0.1, -0.05) is 0 Å². The minimum absolute atomic E-state index is 0.784. The third-order valence-corrected chi connectivity index (χ3v) is 13.3. The van der Waals surface area contributed by atoms with E-state index in [1.165, 1.54) is 0 Å². The molecule has 5 fully saturated rings. The highest BCUT2D eigenvalue weighted by atomic mass is 16.8. The zero-order valence-electron chi connectivity index (χ0n) is 41.0. The van der Waals surface area contributed by atoms with Gasteiger partial charge in [-0.25, -0.2) is 0 Å². The number of amides is 3. The quantitative estimate of drug-likeness (QED) is 0.0452. The normalized spacial score (nSPS) is 43.8. The van der Waals surface area contributed by atoms with E-state index in [-0.39, 0.29) is 0 Å². The van der Waals surface area contributed by atoms with E-state index in [0.29, 0.717) is 0 Å². The monoisotopic (exact) mass is 1120 g/mol. The van der Waals surface area contributed by atoms with Crippen LogP contribution in [0.3, 0.4) is 0 Å². The second-order valence-electron chi connectivity index (χ2n) is 18.8. The molecule has 0 aliphatic carbocycles. The van der Waals surface area contributed by atoms with Crippen LogP contribution < -0.4 is 16.0 Å². The molecule has 0 aromatic carbocycles. The molecule has 5 heterocycles. The second-order valence-corrected chi connectivity index (χ2v) is 18.8. The fraction of sp³-hybridized carbons (Fsp3) is 0.929. The van der Waals surface area contributed by atoms with Crippen LogP contribution in [0.4, 0.5) is 0 Å². The Labute approximate surface area is 431 Å². The Bertz CT molecular complexity index is 1820. The molecule has 0 unspecified atom stereocenters. The van der Waals surface area contributed by atoms with Gasteiger partial charge < -0.3 is 155 Å². The van der Waals surface area contributed by atoms with E-state index < -0.39 is 242 Å². The molecule has 29 atom stereocenters. The molecule has 5 rings (SSSR count). The molecule has 0 radical (unpaired) electrons. The number of aliphatic hydroxyl groups excluding tert-OH is 18. The van der Waals surface area contributed by atoms with Crippen molar-refractivity contribution in [3.63, 3.8) is 0 Å². The summed E-state index contributed by atoms with van der Waals surface area (Å²) < 4.78 is 57.0. The number of nitrogens with one attached hydrogen (secondary N) is 3. The fourth-order valence-corrected chi connectivity index (χ4v) is 9.22. The molecule has 3 amide bonds. The Morgan fingerprint density at radius 2 is 0.868 bits per heavy atom. The molecule has 5 saturated heterocycles. The molecule has 76 heavy (non-hydrogen) atoms. The molecule has 0 saturated carbocycles. The summed E-state index contributed by atoms with van der Waals surface area (Å²) in [6.07, 6.45) is -49.9. The highest BCUT2D eigenvalue weighted by Gasteiger charge is 2.57. The van der Waals surface area contributed by atoms with Gasteiger partial charge in [0.2, 0.25) is 17.7 Å². The third kappa shape index (κ3) is 14.8. The number of carbonyl (C=O) groups excluding carboxylic acids is 3. The first-order valence-corrected chi connectivity index (χ1v) is 24.0. The molecule has 442 valence electrons. The molecular formula is C42H73N3O31. The van der Waals surface area contributed by atoms with Gasteiger partial charge in [0.05, 0.1) is 52.3 Å². The summed E-state index contributed by atoms with van der Waals surface area (Å²) in [5.41, 5.74) is 0. The predicted octanol–water partition coefficient (Wildman–Crippen LogP) is -14.0. The van der Waals surface area contributed by atoms with Crippen molar-refractivity contribution in [3.8, 4) is 0 Å². The smallest absolute Gasteiger partial charge is 0.217 e. The number of carbonyl (C=O) groups is 3. The van der Waals surface area contributed by atoms with Gasteiger partial charge in [0.25, 0.3) is 0 Å². The maximum absolute atomic E-state index is 12.6. The van der Waals surface area contributed by atoms with E-state index in [0.717, 1.165) is 20.8 Å². The summed E-state index contributed by atoms with van der Waals surface area (Å²) >= 11 is 0. The first-order chi connectivity index (χ1) is 35.9. The fourth-order valence-electron chi connectivity index (χ4n) is 9.22. The molecule has 0 bridgehead atoms. The lowest BCUT2D eigenvalue weighted by Gasteiger charge is -2.50. The van der Waals surface area contributed by atoms with Crippen molar-refractivity contribution < 1.29 is 154 Å². The minimum atomic E-state index is -2.23. The van der Waals surface area contributed by atoms with Crippen molar-refractivity contribution >= 4 is 17.7 Å². The van der Waals surface area contributed by atoms with Crippen molar-refractivity contribution in [3.05, 3.63) is 0 Å². The standard InChI is InChI=1S/C42H73N3O31/c1-11(52)43-14(4-46)34(73-40-31(64)29(62)24(57)16(5-47)69-40)23(56)15(55)10-67-38-21(44-12(2)53)28(61)35(20(9-51)72-38)74-42-33(66)37(27(60)19(8-50)71-42)76-39-22(45-13(3)54)36(26(59)18(7-49)68-39)75-41-32(65)30(63)25(58)17(6-48)70-41/h14-42,46-51,55-66H,4-10H2,1-3H3,(H,43,52)(H,44,53)(H,45,54)/t14-,15+,16+,17+,18+,19+,20+,21+,22+,23-,24-,25-,26+,27-,28+,29-,30-,31+,32+,33+,34+,35+,36+,37-,38+,39-,40-,41-,42-/m0/s1. The first kappa shape index (κ1) is 64.1. The summed E-state index contributed by atoms with van der Waals surface area (Å²) in [4.78, 5) is 37.1. The zero-order valence-corrected chi connectivity index (χ0v) is 41.0. The van der Waals surface area contributed by atoms with E-state index in [1.54, 1.807) is 0 Å². The Balaban J connectivity index is 1.36. The maximum atomic E-state index is 12.6. The molecule has 5 aliphatic rings. The summed E-state index contributed by atoms with van der Waals surface area (Å²) in [7, 11) is 0. The Hall–Kier alpha value is -2.71. The van der Waals surface area contributed by atoms with E-state index in [4.69, 9.17) is 47.4 Å². The largest absolute Gasteiger partial charge is 0.394 e.